The zero-order chi connectivity index (χ0) is 9.90. The summed E-state index contributed by atoms with van der Waals surface area (Å²) >= 11 is 6.47. The molecule has 13 heavy (non-hydrogen) atoms. The van der Waals surface area contributed by atoms with E-state index in [9.17, 15) is 0 Å². The van der Waals surface area contributed by atoms with Gasteiger partial charge in [-0.05, 0) is 11.1 Å². The first-order valence-electron chi connectivity index (χ1n) is 4.79. The van der Waals surface area contributed by atoms with Crippen LogP contribution in [0.2, 0.25) is 13.1 Å². The molecule has 72 valence electrons. The highest BCUT2D eigenvalue weighted by molar-refractivity contribution is 7.19. The van der Waals surface area contributed by atoms with Crippen LogP contribution in [-0.4, -0.2) is 7.38 Å². The minimum atomic E-state index is -1.56. The van der Waals surface area contributed by atoms with Crippen molar-refractivity contribution in [1.29, 1.82) is 0 Å². The minimum Gasteiger partial charge on any atom is -0.167 e. The van der Waals surface area contributed by atoms with Crippen LogP contribution in [0, 0.1) is 0 Å². The lowest BCUT2D eigenvalue weighted by Crippen LogP contribution is -2.27. The monoisotopic (exact) mass is 212 g/mol. The Hall–Kier alpha value is -0.273. The van der Waals surface area contributed by atoms with Crippen LogP contribution in [-0.2, 0) is 0 Å². The maximum Gasteiger partial charge on any atom is 0.157 e. The van der Waals surface area contributed by atoms with Crippen LogP contribution < -0.4 is 0 Å². The first-order valence-corrected chi connectivity index (χ1v) is 8.88. The van der Waals surface area contributed by atoms with Gasteiger partial charge >= 0.3 is 0 Å². The molecule has 0 aliphatic heterocycles. The van der Waals surface area contributed by atoms with Gasteiger partial charge in [0.25, 0.3) is 0 Å². The van der Waals surface area contributed by atoms with Gasteiger partial charge in [-0.15, -0.1) is 0 Å². The van der Waals surface area contributed by atoms with Crippen LogP contribution >= 0.6 is 11.1 Å². The van der Waals surface area contributed by atoms with Crippen molar-refractivity contribution in [1.82, 2.24) is 0 Å². The lowest BCUT2D eigenvalue weighted by Gasteiger charge is -2.25. The van der Waals surface area contributed by atoms with Crippen molar-refractivity contribution < 1.29 is 0 Å². The molecular formula is C11H17ClSi. The molecule has 1 aromatic rings. The van der Waals surface area contributed by atoms with E-state index in [0.717, 1.165) is 6.42 Å². The van der Waals surface area contributed by atoms with Crippen LogP contribution in [0.1, 0.15) is 24.4 Å². The molecule has 2 heteroatoms. The highest BCUT2D eigenvalue weighted by Crippen LogP contribution is 2.32. The predicted octanol–water partition coefficient (Wildman–Crippen LogP) is 4.16. The highest BCUT2D eigenvalue weighted by atomic mass is 35.6. The molecule has 1 atom stereocenters. The SMILES string of the molecule is CCC(c1ccccc1)[Si](C)(C)Cl. The summed E-state index contributed by atoms with van der Waals surface area (Å²) in [6, 6.07) is 10.6. The second-order valence-corrected chi connectivity index (χ2v) is 10.7. The van der Waals surface area contributed by atoms with E-state index in [1.807, 2.05) is 0 Å². The van der Waals surface area contributed by atoms with Gasteiger partial charge in [0, 0.05) is 0 Å². The molecule has 0 bridgehead atoms. The van der Waals surface area contributed by atoms with Gasteiger partial charge < -0.3 is 0 Å². The second-order valence-electron chi connectivity index (χ2n) is 3.94. The maximum atomic E-state index is 6.47. The van der Waals surface area contributed by atoms with Crippen LogP contribution in [0.25, 0.3) is 0 Å². The van der Waals surface area contributed by atoms with Crippen molar-refractivity contribution in [3.05, 3.63) is 35.9 Å². The Kier molecular flexibility index (Phi) is 3.57. The molecule has 1 aromatic carbocycles. The van der Waals surface area contributed by atoms with Gasteiger partial charge in [0.1, 0.15) is 0 Å². The van der Waals surface area contributed by atoms with Crippen LogP contribution in [0.4, 0.5) is 0 Å². The minimum absolute atomic E-state index is 0.579. The molecule has 1 rings (SSSR count). The summed E-state index contributed by atoms with van der Waals surface area (Å²) in [5.41, 5.74) is 1.98. The molecule has 0 spiro atoms. The second kappa shape index (κ2) is 4.29. The Morgan fingerprint density at radius 1 is 1.23 bits per heavy atom. The quantitative estimate of drug-likeness (QED) is 0.522. The average Bonchev–Trinajstić information content (AvgIpc) is 2.05. The average molecular weight is 213 g/mol. The number of halogens is 1. The zero-order valence-electron chi connectivity index (χ0n) is 8.55. The van der Waals surface area contributed by atoms with Crippen molar-refractivity contribution in [3.63, 3.8) is 0 Å². The lowest BCUT2D eigenvalue weighted by molar-refractivity contribution is 0.855. The summed E-state index contributed by atoms with van der Waals surface area (Å²) in [6.45, 7) is 6.65. The molecule has 0 amide bonds. The molecule has 0 saturated carbocycles. The normalized spacial score (nSPS) is 14.2. The number of benzene rings is 1. The van der Waals surface area contributed by atoms with E-state index in [4.69, 9.17) is 11.1 Å². The first-order chi connectivity index (χ1) is 6.05. The van der Waals surface area contributed by atoms with Crippen molar-refractivity contribution in [2.75, 3.05) is 0 Å². The standard InChI is InChI=1S/C11H17ClSi/c1-4-11(13(2,3)12)10-8-6-5-7-9-10/h5-9,11H,4H2,1-3H3. The van der Waals surface area contributed by atoms with Gasteiger partial charge in [-0.1, -0.05) is 56.8 Å². The summed E-state index contributed by atoms with van der Waals surface area (Å²) in [5, 5.41) is 0. The molecule has 0 fully saturated rings. The highest BCUT2D eigenvalue weighted by Gasteiger charge is 2.29. The van der Waals surface area contributed by atoms with Crippen molar-refractivity contribution in [3.8, 4) is 0 Å². The van der Waals surface area contributed by atoms with E-state index in [2.05, 4.69) is 50.3 Å². The first kappa shape index (κ1) is 10.8. The number of hydrogen-bond acceptors (Lipinski definition) is 0. The zero-order valence-corrected chi connectivity index (χ0v) is 10.3. The molecule has 0 nitrogen and oxygen atoms in total. The summed E-state index contributed by atoms with van der Waals surface area (Å²) in [5.74, 6) is 0. The Morgan fingerprint density at radius 2 is 1.77 bits per heavy atom. The summed E-state index contributed by atoms with van der Waals surface area (Å²) in [6.07, 6.45) is 1.15. The Bertz CT molecular complexity index is 251. The van der Waals surface area contributed by atoms with Gasteiger partial charge in [0.15, 0.2) is 7.38 Å². The van der Waals surface area contributed by atoms with E-state index >= 15 is 0 Å². The topological polar surface area (TPSA) is 0 Å². The van der Waals surface area contributed by atoms with E-state index < -0.39 is 7.38 Å². The molecule has 0 radical (unpaired) electrons. The van der Waals surface area contributed by atoms with Crippen LogP contribution in [0.15, 0.2) is 30.3 Å². The molecule has 0 aromatic heterocycles. The van der Waals surface area contributed by atoms with Crippen molar-refractivity contribution in [2.24, 2.45) is 0 Å². The van der Waals surface area contributed by atoms with Crippen LogP contribution in [0.5, 0.6) is 0 Å². The van der Waals surface area contributed by atoms with Gasteiger partial charge in [0.2, 0.25) is 0 Å². The fourth-order valence-corrected chi connectivity index (χ4v) is 4.60. The van der Waals surface area contributed by atoms with Gasteiger partial charge in [-0.3, -0.25) is 0 Å². The fourth-order valence-electron chi connectivity index (χ4n) is 1.80. The molecule has 1 unspecified atom stereocenters. The van der Waals surface area contributed by atoms with Crippen LogP contribution in [0.3, 0.4) is 0 Å². The molecule has 0 heterocycles. The number of rotatable bonds is 3. The van der Waals surface area contributed by atoms with E-state index in [1.165, 1.54) is 5.56 Å². The van der Waals surface area contributed by atoms with E-state index in [-0.39, 0.29) is 0 Å². The summed E-state index contributed by atoms with van der Waals surface area (Å²) < 4.78 is 0. The van der Waals surface area contributed by atoms with Crippen molar-refractivity contribution >= 4 is 18.5 Å². The Labute approximate surface area is 86.6 Å². The molecule has 0 N–H and O–H groups in total. The largest absolute Gasteiger partial charge is 0.167 e. The number of hydrogen-bond donors (Lipinski definition) is 0. The van der Waals surface area contributed by atoms with Gasteiger partial charge in [-0.2, -0.15) is 11.1 Å². The molecule has 0 aliphatic carbocycles. The third-order valence-corrected chi connectivity index (χ3v) is 5.63. The predicted molar refractivity (Wildman–Crippen MR) is 62.8 cm³/mol. The smallest absolute Gasteiger partial charge is 0.157 e. The third kappa shape index (κ3) is 2.85. The molecular weight excluding hydrogens is 196 g/mol. The van der Waals surface area contributed by atoms with Gasteiger partial charge in [0.05, 0.1) is 0 Å². The molecule has 0 saturated heterocycles. The van der Waals surface area contributed by atoms with E-state index in [0.29, 0.717) is 5.54 Å². The molecule has 0 aliphatic rings. The fraction of sp³-hybridized carbons (Fsp3) is 0.455. The maximum absolute atomic E-state index is 6.47. The third-order valence-electron chi connectivity index (χ3n) is 2.44. The lowest BCUT2D eigenvalue weighted by atomic mass is 10.1. The van der Waals surface area contributed by atoms with E-state index in [1.54, 1.807) is 0 Å². The Morgan fingerprint density at radius 3 is 2.15 bits per heavy atom. The summed E-state index contributed by atoms with van der Waals surface area (Å²) in [7, 11) is -1.56. The van der Waals surface area contributed by atoms with Gasteiger partial charge in [-0.25, -0.2) is 0 Å². The summed E-state index contributed by atoms with van der Waals surface area (Å²) in [4.78, 5) is 0. The van der Waals surface area contributed by atoms with Crippen molar-refractivity contribution in [2.45, 2.75) is 32.0 Å². The Balaban J connectivity index is 2.92.